The summed E-state index contributed by atoms with van der Waals surface area (Å²) in [5.74, 6) is 1.31. The van der Waals surface area contributed by atoms with Crippen LogP contribution in [-0.2, 0) is 14.8 Å². The van der Waals surface area contributed by atoms with E-state index in [1.807, 2.05) is 34.6 Å². The van der Waals surface area contributed by atoms with Crippen LogP contribution in [0, 0.1) is 5.92 Å². The van der Waals surface area contributed by atoms with Gasteiger partial charge in [-0.15, -0.1) is 0 Å². The third-order valence-electron chi connectivity index (χ3n) is 4.84. The summed E-state index contributed by atoms with van der Waals surface area (Å²) in [5, 5.41) is 3.29. The maximum atomic E-state index is 12.4. The Kier molecular flexibility index (Phi) is 10.9. The molecule has 2 N–H and O–H groups in total. The Morgan fingerprint density at radius 2 is 1.83 bits per heavy atom. The number of hydrogen-bond donors (Lipinski definition) is 2. The number of aliphatic imine (C=N–C) groups is 1. The van der Waals surface area contributed by atoms with Gasteiger partial charge < -0.3 is 19.9 Å². The Balaban J connectivity index is 2.56. The van der Waals surface area contributed by atoms with Gasteiger partial charge in [-0.3, -0.25) is 4.99 Å². The summed E-state index contributed by atoms with van der Waals surface area (Å²) in [5.41, 5.74) is -0.490. The fourth-order valence-corrected chi connectivity index (χ4v) is 3.80. The van der Waals surface area contributed by atoms with E-state index < -0.39 is 15.6 Å². The van der Waals surface area contributed by atoms with E-state index in [1.54, 1.807) is 11.8 Å². The Bertz CT molecular complexity index is 653. The molecule has 0 unspecified atom stereocenters. The van der Waals surface area contributed by atoms with Crippen molar-refractivity contribution in [1.82, 2.24) is 19.8 Å². The van der Waals surface area contributed by atoms with E-state index in [0.29, 0.717) is 32.1 Å². The second kappa shape index (κ2) is 12.3. The molecule has 0 atom stereocenters. The van der Waals surface area contributed by atoms with Gasteiger partial charge in [0.05, 0.1) is 12.3 Å². The van der Waals surface area contributed by atoms with Gasteiger partial charge >= 0.3 is 6.09 Å². The molecule has 10 heteroatoms. The number of sulfonamides is 1. The standard InChI is InChI=1S/C20H41N5O4S/c1-7-21-18(22-12-13-23-30(27,28)9-3)25-14-10-17(11-15-25)16-24(8-2)19(26)29-20(4,5)6/h17,23H,7-16H2,1-6H3,(H,21,22). The molecule has 0 radical (unpaired) electrons. The van der Waals surface area contributed by atoms with Crippen LogP contribution in [0.25, 0.3) is 0 Å². The fourth-order valence-electron chi connectivity index (χ4n) is 3.19. The van der Waals surface area contributed by atoms with Crippen LogP contribution in [0.5, 0.6) is 0 Å². The van der Waals surface area contributed by atoms with E-state index in [0.717, 1.165) is 38.4 Å². The van der Waals surface area contributed by atoms with Crippen LogP contribution in [0.4, 0.5) is 4.79 Å². The van der Waals surface area contributed by atoms with Crippen molar-refractivity contribution in [3.63, 3.8) is 0 Å². The van der Waals surface area contributed by atoms with Crippen LogP contribution < -0.4 is 10.0 Å². The van der Waals surface area contributed by atoms with Crippen molar-refractivity contribution in [2.45, 2.75) is 60.0 Å². The summed E-state index contributed by atoms with van der Waals surface area (Å²) < 4.78 is 31.1. The minimum atomic E-state index is -3.19. The van der Waals surface area contributed by atoms with E-state index in [9.17, 15) is 13.2 Å². The largest absolute Gasteiger partial charge is 0.444 e. The highest BCUT2D eigenvalue weighted by atomic mass is 32.2. The smallest absolute Gasteiger partial charge is 0.410 e. The second-order valence-corrected chi connectivity index (χ2v) is 10.6. The van der Waals surface area contributed by atoms with E-state index in [-0.39, 0.29) is 11.8 Å². The highest BCUT2D eigenvalue weighted by Gasteiger charge is 2.27. The first kappa shape index (κ1) is 26.5. The highest BCUT2D eigenvalue weighted by molar-refractivity contribution is 7.89. The minimum Gasteiger partial charge on any atom is -0.444 e. The third kappa shape index (κ3) is 9.97. The van der Waals surface area contributed by atoms with Crippen molar-refractivity contribution in [1.29, 1.82) is 0 Å². The molecule has 30 heavy (non-hydrogen) atoms. The normalized spacial score (nSPS) is 16.5. The number of carbonyl (C=O) groups excluding carboxylic acids is 1. The molecule has 0 saturated carbocycles. The molecule has 0 aromatic heterocycles. The maximum absolute atomic E-state index is 12.4. The number of nitrogens with one attached hydrogen (secondary N) is 2. The van der Waals surface area contributed by atoms with Crippen molar-refractivity contribution in [2.24, 2.45) is 10.9 Å². The molecule has 1 aliphatic heterocycles. The van der Waals surface area contributed by atoms with E-state index in [1.165, 1.54) is 0 Å². The van der Waals surface area contributed by atoms with Gasteiger partial charge in [0.1, 0.15) is 5.60 Å². The first-order valence-electron chi connectivity index (χ1n) is 11.0. The SMILES string of the molecule is CCNC(=NCCNS(=O)(=O)CC)N1CCC(CN(CC)C(=O)OC(C)(C)C)CC1. The number of piperidine rings is 1. The third-order valence-corrected chi connectivity index (χ3v) is 6.24. The Morgan fingerprint density at radius 3 is 2.33 bits per heavy atom. The van der Waals surface area contributed by atoms with Crippen LogP contribution in [0.15, 0.2) is 4.99 Å². The monoisotopic (exact) mass is 447 g/mol. The molecule has 1 aliphatic rings. The Hall–Kier alpha value is -1.55. The van der Waals surface area contributed by atoms with Gasteiger partial charge in [0.2, 0.25) is 10.0 Å². The van der Waals surface area contributed by atoms with Gasteiger partial charge in [0.15, 0.2) is 5.96 Å². The number of carbonyl (C=O) groups is 1. The average Bonchev–Trinajstić information content (AvgIpc) is 2.67. The van der Waals surface area contributed by atoms with Gasteiger partial charge in [-0.05, 0) is 60.3 Å². The van der Waals surface area contributed by atoms with Gasteiger partial charge in [-0.1, -0.05) is 0 Å². The molecule has 1 fully saturated rings. The molecule has 9 nitrogen and oxygen atoms in total. The summed E-state index contributed by atoms with van der Waals surface area (Å²) in [7, 11) is -3.19. The van der Waals surface area contributed by atoms with Crippen molar-refractivity contribution in [3.8, 4) is 0 Å². The second-order valence-electron chi connectivity index (χ2n) is 8.48. The number of guanidine groups is 1. The molecule has 0 spiro atoms. The molecule has 1 heterocycles. The summed E-state index contributed by atoms with van der Waals surface area (Å²) in [6.45, 7) is 15.7. The number of nitrogens with zero attached hydrogens (tertiary/aromatic N) is 3. The number of likely N-dealkylation sites (tertiary alicyclic amines) is 1. The van der Waals surface area contributed by atoms with E-state index >= 15 is 0 Å². The molecule has 0 bridgehead atoms. The molecule has 176 valence electrons. The number of rotatable bonds is 9. The van der Waals surface area contributed by atoms with Crippen LogP contribution in [0.3, 0.4) is 0 Å². The summed E-state index contributed by atoms with van der Waals surface area (Å²) >= 11 is 0. The molecular weight excluding hydrogens is 406 g/mol. The van der Waals surface area contributed by atoms with Gasteiger partial charge in [0, 0.05) is 39.3 Å². The Labute approximate surface area is 182 Å². The predicted octanol–water partition coefficient (Wildman–Crippen LogP) is 1.86. The molecular formula is C20H41N5O4S. The number of ether oxygens (including phenoxy) is 1. The molecule has 0 aromatic carbocycles. The molecule has 1 saturated heterocycles. The van der Waals surface area contributed by atoms with Crippen LogP contribution in [0.1, 0.15) is 54.4 Å². The molecule has 1 amide bonds. The van der Waals surface area contributed by atoms with E-state index in [4.69, 9.17) is 4.74 Å². The fraction of sp³-hybridized carbons (Fsp3) is 0.900. The van der Waals surface area contributed by atoms with Crippen molar-refractivity contribution < 1.29 is 17.9 Å². The lowest BCUT2D eigenvalue weighted by Gasteiger charge is -2.36. The first-order valence-corrected chi connectivity index (χ1v) is 12.6. The highest BCUT2D eigenvalue weighted by Crippen LogP contribution is 2.20. The van der Waals surface area contributed by atoms with Gasteiger partial charge in [0.25, 0.3) is 0 Å². The predicted molar refractivity (Wildman–Crippen MR) is 121 cm³/mol. The summed E-state index contributed by atoms with van der Waals surface area (Å²) in [6.07, 6.45) is 1.68. The van der Waals surface area contributed by atoms with Crippen molar-refractivity contribution in [2.75, 3.05) is 51.6 Å². The van der Waals surface area contributed by atoms with Crippen LogP contribution in [-0.4, -0.2) is 87.4 Å². The molecule has 0 aromatic rings. The quantitative estimate of drug-likeness (QED) is 0.318. The lowest BCUT2D eigenvalue weighted by molar-refractivity contribution is 0.0214. The Morgan fingerprint density at radius 1 is 1.20 bits per heavy atom. The van der Waals surface area contributed by atoms with Crippen LogP contribution in [0.2, 0.25) is 0 Å². The average molecular weight is 448 g/mol. The zero-order valence-electron chi connectivity index (χ0n) is 19.5. The number of amides is 1. The minimum absolute atomic E-state index is 0.0718. The van der Waals surface area contributed by atoms with Crippen LogP contribution >= 0.6 is 0 Å². The summed E-state index contributed by atoms with van der Waals surface area (Å²) in [6, 6.07) is 0. The lowest BCUT2D eigenvalue weighted by atomic mass is 9.96. The number of hydrogen-bond acceptors (Lipinski definition) is 5. The lowest BCUT2D eigenvalue weighted by Crippen LogP contribution is -2.48. The first-order chi connectivity index (χ1) is 14.0. The maximum Gasteiger partial charge on any atom is 0.410 e. The summed E-state index contributed by atoms with van der Waals surface area (Å²) in [4.78, 5) is 20.9. The topological polar surface area (TPSA) is 103 Å². The zero-order chi connectivity index (χ0) is 22.8. The molecule has 0 aliphatic carbocycles. The van der Waals surface area contributed by atoms with Crippen molar-refractivity contribution >= 4 is 22.1 Å². The van der Waals surface area contributed by atoms with Crippen molar-refractivity contribution in [3.05, 3.63) is 0 Å². The van der Waals surface area contributed by atoms with Gasteiger partial charge in [-0.25, -0.2) is 17.9 Å². The van der Waals surface area contributed by atoms with Gasteiger partial charge in [-0.2, -0.15) is 0 Å². The van der Waals surface area contributed by atoms with E-state index in [2.05, 4.69) is 19.9 Å². The zero-order valence-corrected chi connectivity index (χ0v) is 20.3. The molecule has 1 rings (SSSR count).